The van der Waals surface area contributed by atoms with Crippen LogP contribution in [-0.4, -0.2) is 41.1 Å². The Balaban J connectivity index is 1.96. The lowest BCUT2D eigenvalue weighted by Gasteiger charge is -2.21. The number of aliphatic carboxylic acids is 1. The molecular weight excluding hydrogens is 317 g/mol. The number of likely N-dealkylation sites (N-methyl/N-ethyl adjacent to an activating group) is 1. The quantitative estimate of drug-likeness (QED) is 0.920. The van der Waals surface area contributed by atoms with Crippen LogP contribution in [0.2, 0.25) is 10.0 Å². The summed E-state index contributed by atoms with van der Waals surface area (Å²) in [6.45, 7) is 0.354. The Morgan fingerprint density at radius 2 is 1.95 bits per heavy atom. The van der Waals surface area contributed by atoms with Crippen molar-refractivity contribution in [1.82, 2.24) is 4.90 Å². The van der Waals surface area contributed by atoms with Gasteiger partial charge in [0.1, 0.15) is 6.10 Å². The minimum atomic E-state index is -1.03. The van der Waals surface area contributed by atoms with Crippen molar-refractivity contribution < 1.29 is 19.4 Å². The highest BCUT2D eigenvalue weighted by molar-refractivity contribution is 6.42. The van der Waals surface area contributed by atoms with Crippen molar-refractivity contribution in [2.24, 2.45) is 0 Å². The van der Waals surface area contributed by atoms with E-state index in [4.69, 9.17) is 33.0 Å². The molecule has 1 fully saturated rings. The summed E-state index contributed by atoms with van der Waals surface area (Å²) in [7, 11) is 1.64. The van der Waals surface area contributed by atoms with E-state index in [0.717, 1.165) is 5.56 Å². The predicted octanol–water partition coefficient (Wildman–Crippen LogP) is 2.58. The first-order valence-electron chi connectivity index (χ1n) is 6.45. The summed E-state index contributed by atoms with van der Waals surface area (Å²) < 4.78 is 5.25. The van der Waals surface area contributed by atoms with Gasteiger partial charge in [-0.1, -0.05) is 29.3 Å². The maximum absolute atomic E-state index is 12.2. The van der Waals surface area contributed by atoms with Crippen LogP contribution < -0.4 is 0 Å². The summed E-state index contributed by atoms with van der Waals surface area (Å²) in [5.74, 6) is -1.26. The van der Waals surface area contributed by atoms with Gasteiger partial charge in [-0.15, -0.1) is 0 Å². The highest BCUT2D eigenvalue weighted by Crippen LogP contribution is 2.24. The number of carboxylic acids is 1. The number of hydrogen-bond acceptors (Lipinski definition) is 3. The van der Waals surface area contributed by atoms with Crippen molar-refractivity contribution in [3.8, 4) is 0 Å². The lowest BCUT2D eigenvalue weighted by molar-refractivity contribution is -0.154. The molecular formula is C14H15Cl2NO4. The number of carboxylic acid groups (broad SMARTS) is 1. The molecule has 0 unspecified atom stereocenters. The van der Waals surface area contributed by atoms with E-state index < -0.39 is 18.2 Å². The number of amides is 1. The Hall–Kier alpha value is -1.30. The van der Waals surface area contributed by atoms with Gasteiger partial charge in [0.2, 0.25) is 0 Å². The summed E-state index contributed by atoms with van der Waals surface area (Å²) in [5, 5.41) is 9.75. The van der Waals surface area contributed by atoms with Gasteiger partial charge < -0.3 is 14.7 Å². The van der Waals surface area contributed by atoms with Gasteiger partial charge >= 0.3 is 5.97 Å². The normalized spacial score (nSPS) is 21.3. The summed E-state index contributed by atoms with van der Waals surface area (Å²) in [4.78, 5) is 24.5. The van der Waals surface area contributed by atoms with E-state index in [2.05, 4.69) is 0 Å². The zero-order valence-corrected chi connectivity index (χ0v) is 12.9. The van der Waals surface area contributed by atoms with Gasteiger partial charge in [-0.25, -0.2) is 4.79 Å². The Labute approximate surface area is 132 Å². The number of rotatable bonds is 4. The lowest BCUT2D eigenvalue weighted by Crippen LogP contribution is -2.36. The average molecular weight is 332 g/mol. The zero-order chi connectivity index (χ0) is 15.6. The van der Waals surface area contributed by atoms with Crippen LogP contribution in [0.3, 0.4) is 0 Å². The highest BCUT2D eigenvalue weighted by atomic mass is 35.5. The number of hydrogen-bond donors (Lipinski definition) is 1. The Morgan fingerprint density at radius 3 is 2.52 bits per heavy atom. The molecule has 1 aromatic carbocycles. The van der Waals surface area contributed by atoms with Crippen molar-refractivity contribution in [3.63, 3.8) is 0 Å². The van der Waals surface area contributed by atoms with Gasteiger partial charge in [0, 0.05) is 13.6 Å². The van der Waals surface area contributed by atoms with Crippen molar-refractivity contribution in [2.75, 3.05) is 7.05 Å². The van der Waals surface area contributed by atoms with E-state index in [1.165, 1.54) is 4.90 Å². The lowest BCUT2D eigenvalue weighted by atomic mass is 10.1. The van der Waals surface area contributed by atoms with Crippen LogP contribution in [0.1, 0.15) is 18.4 Å². The predicted molar refractivity (Wildman–Crippen MR) is 78.5 cm³/mol. The maximum Gasteiger partial charge on any atom is 0.332 e. The van der Waals surface area contributed by atoms with E-state index in [0.29, 0.717) is 29.4 Å². The first-order chi connectivity index (χ1) is 9.88. The van der Waals surface area contributed by atoms with Crippen molar-refractivity contribution in [2.45, 2.75) is 31.6 Å². The fraction of sp³-hybridized carbons (Fsp3) is 0.429. The first-order valence-corrected chi connectivity index (χ1v) is 7.21. The second-order valence-electron chi connectivity index (χ2n) is 4.97. The monoisotopic (exact) mass is 331 g/mol. The van der Waals surface area contributed by atoms with Crippen LogP contribution in [0.25, 0.3) is 0 Å². The fourth-order valence-corrected chi connectivity index (χ4v) is 2.56. The molecule has 7 heteroatoms. The van der Waals surface area contributed by atoms with Crippen LogP contribution in [0.5, 0.6) is 0 Å². The third-order valence-electron chi connectivity index (χ3n) is 3.35. The standard InChI is InChI=1S/C14H15Cl2NO4/c1-17(7-8-2-3-9(15)10(16)6-8)13(18)11-4-5-12(21-11)14(19)20/h2-3,6,11-12H,4-5,7H2,1H3,(H,19,20)/t11-,12+/m0/s1. The molecule has 5 nitrogen and oxygen atoms in total. The molecule has 1 heterocycles. The van der Waals surface area contributed by atoms with Crippen molar-refractivity contribution in [1.29, 1.82) is 0 Å². The summed E-state index contributed by atoms with van der Waals surface area (Å²) >= 11 is 11.8. The molecule has 1 N–H and O–H groups in total. The van der Waals surface area contributed by atoms with Gasteiger partial charge in [-0.05, 0) is 30.5 Å². The number of halogens is 2. The molecule has 1 aromatic rings. The summed E-state index contributed by atoms with van der Waals surface area (Å²) in [6.07, 6.45) is -0.815. The number of carbonyl (C=O) groups excluding carboxylic acids is 1. The van der Waals surface area contributed by atoms with Crippen LogP contribution >= 0.6 is 23.2 Å². The molecule has 1 aliphatic rings. The Kier molecular flexibility index (Phi) is 5.08. The molecule has 0 radical (unpaired) electrons. The fourth-order valence-electron chi connectivity index (χ4n) is 2.24. The largest absolute Gasteiger partial charge is 0.479 e. The molecule has 0 bridgehead atoms. The smallest absolute Gasteiger partial charge is 0.332 e. The van der Waals surface area contributed by atoms with Gasteiger partial charge in [-0.3, -0.25) is 4.79 Å². The molecule has 0 saturated carbocycles. The van der Waals surface area contributed by atoms with E-state index in [-0.39, 0.29) is 5.91 Å². The summed E-state index contributed by atoms with van der Waals surface area (Å²) in [6, 6.07) is 5.15. The van der Waals surface area contributed by atoms with E-state index >= 15 is 0 Å². The maximum atomic E-state index is 12.2. The van der Waals surface area contributed by atoms with Crippen LogP contribution in [0, 0.1) is 0 Å². The molecule has 0 aromatic heterocycles. The highest BCUT2D eigenvalue weighted by Gasteiger charge is 2.35. The van der Waals surface area contributed by atoms with Crippen LogP contribution in [0.15, 0.2) is 18.2 Å². The van der Waals surface area contributed by atoms with Crippen molar-refractivity contribution >= 4 is 35.1 Å². The van der Waals surface area contributed by atoms with E-state index in [1.54, 1.807) is 25.2 Å². The number of nitrogens with zero attached hydrogens (tertiary/aromatic N) is 1. The van der Waals surface area contributed by atoms with Gasteiger partial charge in [0.15, 0.2) is 6.10 Å². The molecule has 1 aliphatic heterocycles. The third-order valence-corrected chi connectivity index (χ3v) is 4.09. The number of carbonyl (C=O) groups is 2. The molecule has 114 valence electrons. The Morgan fingerprint density at radius 1 is 1.29 bits per heavy atom. The minimum absolute atomic E-state index is 0.232. The van der Waals surface area contributed by atoms with Crippen LogP contribution in [0.4, 0.5) is 0 Å². The molecule has 0 aliphatic carbocycles. The molecule has 1 saturated heterocycles. The third kappa shape index (κ3) is 3.87. The first kappa shape index (κ1) is 16.1. The molecule has 21 heavy (non-hydrogen) atoms. The molecule has 0 spiro atoms. The topological polar surface area (TPSA) is 66.8 Å². The van der Waals surface area contributed by atoms with Crippen LogP contribution in [-0.2, 0) is 20.9 Å². The van der Waals surface area contributed by atoms with Gasteiger partial charge in [-0.2, -0.15) is 0 Å². The number of ether oxygens (including phenoxy) is 1. The van der Waals surface area contributed by atoms with E-state index in [9.17, 15) is 9.59 Å². The van der Waals surface area contributed by atoms with Gasteiger partial charge in [0.25, 0.3) is 5.91 Å². The SMILES string of the molecule is CN(Cc1ccc(Cl)c(Cl)c1)C(=O)[C@@H]1CC[C@H](C(=O)O)O1. The minimum Gasteiger partial charge on any atom is -0.479 e. The van der Waals surface area contributed by atoms with Crippen molar-refractivity contribution in [3.05, 3.63) is 33.8 Å². The molecule has 1 amide bonds. The van der Waals surface area contributed by atoms with E-state index in [1.807, 2.05) is 0 Å². The second-order valence-corrected chi connectivity index (χ2v) is 5.79. The number of benzene rings is 1. The Bertz CT molecular complexity index is 564. The second kappa shape index (κ2) is 6.64. The summed E-state index contributed by atoms with van der Waals surface area (Å²) in [5.41, 5.74) is 0.841. The van der Waals surface area contributed by atoms with Gasteiger partial charge in [0.05, 0.1) is 10.0 Å². The molecule has 2 atom stereocenters. The molecule has 2 rings (SSSR count). The zero-order valence-electron chi connectivity index (χ0n) is 11.4. The average Bonchev–Trinajstić information content (AvgIpc) is 2.92.